The highest BCUT2D eigenvalue weighted by Crippen LogP contribution is 2.12. The minimum Gasteiger partial charge on any atom is -0.493 e. The predicted molar refractivity (Wildman–Crippen MR) is 65.6 cm³/mol. The molecule has 1 aromatic rings. The summed E-state index contributed by atoms with van der Waals surface area (Å²) >= 11 is 0. The van der Waals surface area contributed by atoms with Crippen molar-refractivity contribution in [2.24, 2.45) is 0 Å². The summed E-state index contributed by atoms with van der Waals surface area (Å²) in [6.07, 6.45) is 0.368. The van der Waals surface area contributed by atoms with Crippen molar-refractivity contribution in [1.29, 1.82) is 0 Å². The molecular weight excluding hydrogens is 202 g/mol. The summed E-state index contributed by atoms with van der Waals surface area (Å²) in [5.74, 6) is 0.862. The summed E-state index contributed by atoms with van der Waals surface area (Å²) in [7, 11) is 0. The highest BCUT2D eigenvalue weighted by molar-refractivity contribution is 5.27. The lowest BCUT2D eigenvalue weighted by Gasteiger charge is -2.08. The van der Waals surface area contributed by atoms with Crippen molar-refractivity contribution in [3.8, 4) is 5.75 Å². The van der Waals surface area contributed by atoms with Crippen LogP contribution in [0.15, 0.2) is 24.3 Å². The van der Waals surface area contributed by atoms with Gasteiger partial charge in [-0.15, -0.1) is 0 Å². The summed E-state index contributed by atoms with van der Waals surface area (Å²) in [5.41, 5.74) is 1.25. The van der Waals surface area contributed by atoms with Gasteiger partial charge in [0, 0.05) is 13.0 Å². The molecule has 0 saturated heterocycles. The van der Waals surface area contributed by atoms with Gasteiger partial charge in [-0.2, -0.15) is 0 Å². The van der Waals surface area contributed by atoms with E-state index in [0.29, 0.717) is 13.0 Å². The van der Waals surface area contributed by atoms with Crippen LogP contribution in [0.5, 0.6) is 5.75 Å². The van der Waals surface area contributed by atoms with E-state index < -0.39 is 0 Å². The van der Waals surface area contributed by atoms with E-state index in [1.807, 2.05) is 12.1 Å². The Hall–Kier alpha value is -1.06. The van der Waals surface area contributed by atoms with Crippen LogP contribution in [0.3, 0.4) is 0 Å². The number of aliphatic hydroxyl groups is 1. The lowest BCUT2D eigenvalue weighted by Crippen LogP contribution is -2.11. The Balaban J connectivity index is 2.33. The second kappa shape index (κ2) is 7.25. The molecule has 3 heteroatoms. The van der Waals surface area contributed by atoms with E-state index in [4.69, 9.17) is 9.84 Å². The van der Waals surface area contributed by atoms with Crippen molar-refractivity contribution in [3.63, 3.8) is 0 Å². The molecule has 3 nitrogen and oxygen atoms in total. The zero-order valence-electron chi connectivity index (χ0n) is 10.1. The first kappa shape index (κ1) is 13.0. The molecule has 0 spiro atoms. The van der Waals surface area contributed by atoms with Crippen LogP contribution in [0, 0.1) is 0 Å². The van der Waals surface area contributed by atoms with Gasteiger partial charge in [0.05, 0.1) is 12.7 Å². The molecule has 0 heterocycles. The highest BCUT2D eigenvalue weighted by atomic mass is 16.5. The molecule has 2 N–H and O–H groups in total. The van der Waals surface area contributed by atoms with Crippen LogP contribution in [-0.4, -0.2) is 24.4 Å². The van der Waals surface area contributed by atoms with Gasteiger partial charge in [-0.1, -0.05) is 19.1 Å². The number of aliphatic hydroxyl groups excluding tert-OH is 1. The largest absolute Gasteiger partial charge is 0.493 e. The molecule has 0 fully saturated rings. The molecule has 0 aliphatic heterocycles. The monoisotopic (exact) mass is 223 g/mol. The SMILES string of the molecule is CCNCc1ccc(OCCC(C)O)cc1. The predicted octanol–water partition coefficient (Wildman–Crippen LogP) is 1.95. The molecule has 0 radical (unpaired) electrons. The van der Waals surface area contributed by atoms with Crippen LogP contribution in [-0.2, 0) is 6.54 Å². The number of nitrogens with one attached hydrogen (secondary N) is 1. The fourth-order valence-electron chi connectivity index (χ4n) is 1.32. The van der Waals surface area contributed by atoms with Gasteiger partial charge in [-0.3, -0.25) is 0 Å². The summed E-state index contributed by atoms with van der Waals surface area (Å²) in [5, 5.41) is 12.4. The van der Waals surface area contributed by atoms with Gasteiger partial charge >= 0.3 is 0 Å². The van der Waals surface area contributed by atoms with Crippen LogP contribution in [0.2, 0.25) is 0 Å². The maximum Gasteiger partial charge on any atom is 0.119 e. The minimum absolute atomic E-state index is 0.298. The Labute approximate surface area is 97.4 Å². The normalized spacial score (nSPS) is 12.4. The highest BCUT2D eigenvalue weighted by Gasteiger charge is 1.98. The molecule has 1 aromatic carbocycles. The summed E-state index contributed by atoms with van der Waals surface area (Å²) in [6, 6.07) is 8.05. The third-order valence-corrected chi connectivity index (χ3v) is 2.31. The fourth-order valence-corrected chi connectivity index (χ4v) is 1.32. The van der Waals surface area contributed by atoms with Crippen LogP contribution in [0.4, 0.5) is 0 Å². The van der Waals surface area contributed by atoms with E-state index in [2.05, 4.69) is 24.4 Å². The molecular formula is C13H21NO2. The Bertz CT molecular complexity index is 282. The van der Waals surface area contributed by atoms with E-state index >= 15 is 0 Å². The van der Waals surface area contributed by atoms with Crippen molar-refractivity contribution in [2.45, 2.75) is 32.9 Å². The van der Waals surface area contributed by atoms with Gasteiger partial charge in [0.25, 0.3) is 0 Å². The van der Waals surface area contributed by atoms with Crippen molar-refractivity contribution in [1.82, 2.24) is 5.32 Å². The number of hydrogen-bond acceptors (Lipinski definition) is 3. The van der Waals surface area contributed by atoms with Crippen molar-refractivity contribution in [3.05, 3.63) is 29.8 Å². The average molecular weight is 223 g/mol. The lowest BCUT2D eigenvalue weighted by molar-refractivity contribution is 0.155. The molecule has 90 valence electrons. The third kappa shape index (κ3) is 5.14. The first-order valence-corrected chi connectivity index (χ1v) is 5.83. The molecule has 0 aliphatic rings. The number of hydrogen-bond donors (Lipinski definition) is 2. The van der Waals surface area contributed by atoms with Crippen molar-refractivity contribution >= 4 is 0 Å². The molecule has 0 bridgehead atoms. The topological polar surface area (TPSA) is 41.5 Å². The van der Waals surface area contributed by atoms with E-state index in [9.17, 15) is 0 Å². The van der Waals surface area contributed by atoms with E-state index in [1.165, 1.54) is 5.56 Å². The lowest BCUT2D eigenvalue weighted by atomic mass is 10.2. The number of benzene rings is 1. The van der Waals surface area contributed by atoms with Gasteiger partial charge in [-0.25, -0.2) is 0 Å². The number of rotatable bonds is 7. The Morgan fingerprint density at radius 2 is 2.00 bits per heavy atom. The maximum absolute atomic E-state index is 9.08. The van der Waals surface area contributed by atoms with Gasteiger partial charge in [0.15, 0.2) is 0 Å². The van der Waals surface area contributed by atoms with E-state index in [-0.39, 0.29) is 6.10 Å². The Morgan fingerprint density at radius 3 is 2.56 bits per heavy atom. The first-order valence-electron chi connectivity index (χ1n) is 5.83. The van der Waals surface area contributed by atoms with Crippen LogP contribution < -0.4 is 10.1 Å². The van der Waals surface area contributed by atoms with E-state index in [0.717, 1.165) is 18.8 Å². The summed E-state index contributed by atoms with van der Waals surface area (Å²) in [4.78, 5) is 0. The molecule has 0 amide bonds. The summed E-state index contributed by atoms with van der Waals surface area (Å²) in [6.45, 7) is 6.29. The van der Waals surface area contributed by atoms with Gasteiger partial charge in [-0.05, 0) is 31.2 Å². The molecule has 0 saturated carbocycles. The fraction of sp³-hybridized carbons (Fsp3) is 0.538. The van der Waals surface area contributed by atoms with E-state index in [1.54, 1.807) is 6.92 Å². The quantitative estimate of drug-likeness (QED) is 0.742. The van der Waals surface area contributed by atoms with Crippen molar-refractivity contribution in [2.75, 3.05) is 13.2 Å². The van der Waals surface area contributed by atoms with Crippen LogP contribution >= 0.6 is 0 Å². The molecule has 0 aromatic heterocycles. The smallest absolute Gasteiger partial charge is 0.119 e. The maximum atomic E-state index is 9.08. The second-order valence-electron chi connectivity index (χ2n) is 3.91. The Kier molecular flexibility index (Phi) is 5.90. The van der Waals surface area contributed by atoms with Crippen LogP contribution in [0.1, 0.15) is 25.8 Å². The molecule has 1 unspecified atom stereocenters. The third-order valence-electron chi connectivity index (χ3n) is 2.31. The zero-order valence-corrected chi connectivity index (χ0v) is 10.1. The minimum atomic E-state index is -0.298. The van der Waals surface area contributed by atoms with Crippen LogP contribution in [0.25, 0.3) is 0 Å². The number of ether oxygens (including phenoxy) is 1. The molecule has 1 atom stereocenters. The Morgan fingerprint density at radius 1 is 1.31 bits per heavy atom. The van der Waals surface area contributed by atoms with Gasteiger partial charge in [0.1, 0.15) is 5.75 Å². The molecule has 1 rings (SSSR count). The van der Waals surface area contributed by atoms with Crippen molar-refractivity contribution < 1.29 is 9.84 Å². The molecule has 16 heavy (non-hydrogen) atoms. The standard InChI is InChI=1S/C13H21NO2/c1-3-14-10-12-4-6-13(7-5-12)16-9-8-11(2)15/h4-7,11,14-15H,3,8-10H2,1-2H3. The molecule has 0 aliphatic carbocycles. The summed E-state index contributed by atoms with van der Waals surface area (Å²) < 4.78 is 5.50. The van der Waals surface area contributed by atoms with Gasteiger partial charge in [0.2, 0.25) is 0 Å². The van der Waals surface area contributed by atoms with Gasteiger partial charge < -0.3 is 15.2 Å². The zero-order chi connectivity index (χ0) is 11.8. The average Bonchev–Trinajstić information content (AvgIpc) is 2.27. The first-order chi connectivity index (χ1) is 7.72. The second-order valence-corrected chi connectivity index (χ2v) is 3.91.